The summed E-state index contributed by atoms with van der Waals surface area (Å²) in [4.78, 5) is 11.1. The normalized spacial score (nSPS) is 13.4. The summed E-state index contributed by atoms with van der Waals surface area (Å²) in [6, 6.07) is 11.9. The highest BCUT2D eigenvalue weighted by atomic mass is 35.5. The van der Waals surface area contributed by atoms with Crippen LogP contribution in [-0.4, -0.2) is 14.4 Å². The zero-order chi connectivity index (χ0) is 19.5. The molecule has 2 aromatic rings. The molecule has 26 heavy (non-hydrogen) atoms. The molecule has 0 amide bonds. The largest absolute Gasteiger partial charge is 0.550 e. The Labute approximate surface area is 159 Å². The maximum Gasteiger partial charge on any atom is 0.241 e. The molecule has 0 radical (unpaired) electrons. The molecule has 2 aromatic carbocycles. The summed E-state index contributed by atoms with van der Waals surface area (Å²) in [7, 11) is -3.91. The number of carbonyl (C=O) groups is 1. The number of rotatable bonds is 6. The fourth-order valence-electron chi connectivity index (χ4n) is 2.48. The molecule has 0 aliphatic carbocycles. The van der Waals surface area contributed by atoms with Crippen LogP contribution in [0.2, 0.25) is 5.02 Å². The number of carboxylic acid groups (broad SMARTS) is 1. The molecule has 0 bridgehead atoms. The standard InChI is InChI=1S/C19H22ClNO4S/c1-19(2,3)14-6-4-13(5-7-14)17(12-18(22)23)21-26(24,25)16-10-8-15(20)9-11-16/h4-11,17,21H,12H2,1-3H3,(H,22,23)/p-1/t17-/m0/s1. The van der Waals surface area contributed by atoms with Crippen LogP contribution in [0.5, 0.6) is 0 Å². The van der Waals surface area contributed by atoms with Crippen molar-refractivity contribution in [3.63, 3.8) is 0 Å². The Morgan fingerprint density at radius 2 is 1.62 bits per heavy atom. The van der Waals surface area contributed by atoms with E-state index in [0.29, 0.717) is 10.6 Å². The first-order chi connectivity index (χ1) is 12.0. The summed E-state index contributed by atoms with van der Waals surface area (Å²) in [5.74, 6) is -1.34. The van der Waals surface area contributed by atoms with Gasteiger partial charge in [-0.05, 0) is 40.8 Å². The molecule has 5 nitrogen and oxygen atoms in total. The van der Waals surface area contributed by atoms with Crippen LogP contribution in [0.3, 0.4) is 0 Å². The van der Waals surface area contributed by atoms with Crippen molar-refractivity contribution in [2.24, 2.45) is 0 Å². The molecule has 7 heteroatoms. The first-order valence-electron chi connectivity index (χ1n) is 8.07. The topological polar surface area (TPSA) is 86.3 Å². The van der Waals surface area contributed by atoms with Gasteiger partial charge in [-0.2, -0.15) is 0 Å². The van der Waals surface area contributed by atoms with E-state index in [1.807, 2.05) is 12.1 Å². The van der Waals surface area contributed by atoms with Crippen molar-refractivity contribution in [1.82, 2.24) is 4.72 Å². The molecule has 1 atom stereocenters. The van der Waals surface area contributed by atoms with Crippen LogP contribution in [-0.2, 0) is 20.2 Å². The third-order valence-electron chi connectivity index (χ3n) is 3.97. The molecule has 0 unspecified atom stereocenters. The predicted octanol–water partition coefficient (Wildman–Crippen LogP) is 2.80. The Morgan fingerprint density at radius 3 is 2.08 bits per heavy atom. The predicted molar refractivity (Wildman–Crippen MR) is 99.3 cm³/mol. The van der Waals surface area contributed by atoms with Crippen LogP contribution in [0.25, 0.3) is 0 Å². The third kappa shape index (κ3) is 5.30. The molecular weight excluding hydrogens is 374 g/mol. The van der Waals surface area contributed by atoms with Crippen LogP contribution >= 0.6 is 11.6 Å². The Morgan fingerprint density at radius 1 is 1.08 bits per heavy atom. The Bertz CT molecular complexity index is 869. The second-order valence-corrected chi connectivity index (χ2v) is 9.23. The van der Waals surface area contributed by atoms with E-state index in [9.17, 15) is 18.3 Å². The first kappa shape index (κ1) is 20.4. The minimum absolute atomic E-state index is 0.0107. The highest BCUT2D eigenvalue weighted by Gasteiger charge is 2.22. The van der Waals surface area contributed by atoms with Crippen molar-refractivity contribution in [2.45, 2.75) is 43.5 Å². The van der Waals surface area contributed by atoms with Crippen LogP contribution in [0, 0.1) is 0 Å². The molecule has 0 aliphatic rings. The van der Waals surface area contributed by atoms with Gasteiger partial charge in [-0.3, -0.25) is 0 Å². The molecule has 140 valence electrons. The lowest BCUT2D eigenvalue weighted by molar-refractivity contribution is -0.306. The van der Waals surface area contributed by atoms with E-state index < -0.39 is 28.5 Å². The van der Waals surface area contributed by atoms with Gasteiger partial charge in [-0.25, -0.2) is 13.1 Å². The number of sulfonamides is 1. The van der Waals surface area contributed by atoms with Gasteiger partial charge in [0.05, 0.1) is 10.9 Å². The van der Waals surface area contributed by atoms with Gasteiger partial charge in [0.25, 0.3) is 0 Å². The van der Waals surface area contributed by atoms with Crippen molar-refractivity contribution in [2.75, 3.05) is 0 Å². The minimum atomic E-state index is -3.91. The van der Waals surface area contributed by atoms with Gasteiger partial charge in [-0.1, -0.05) is 56.6 Å². The number of hydrogen-bond donors (Lipinski definition) is 1. The molecule has 0 aliphatic heterocycles. The van der Waals surface area contributed by atoms with E-state index in [2.05, 4.69) is 25.5 Å². The average Bonchev–Trinajstić information content (AvgIpc) is 2.53. The van der Waals surface area contributed by atoms with Crippen LogP contribution in [0.4, 0.5) is 0 Å². The zero-order valence-electron chi connectivity index (χ0n) is 14.8. The van der Waals surface area contributed by atoms with E-state index in [-0.39, 0.29) is 10.3 Å². The number of halogens is 1. The van der Waals surface area contributed by atoms with Crippen LogP contribution in [0.1, 0.15) is 44.4 Å². The van der Waals surface area contributed by atoms with E-state index in [0.717, 1.165) is 5.56 Å². The highest BCUT2D eigenvalue weighted by molar-refractivity contribution is 7.89. The summed E-state index contributed by atoms with van der Waals surface area (Å²) in [6.07, 6.45) is -0.471. The van der Waals surface area contributed by atoms with E-state index in [4.69, 9.17) is 11.6 Å². The van der Waals surface area contributed by atoms with Gasteiger partial charge in [0.1, 0.15) is 0 Å². The maximum absolute atomic E-state index is 12.6. The quantitative estimate of drug-likeness (QED) is 0.816. The van der Waals surface area contributed by atoms with E-state index in [1.165, 1.54) is 24.3 Å². The van der Waals surface area contributed by atoms with Crippen molar-refractivity contribution in [3.8, 4) is 0 Å². The summed E-state index contributed by atoms with van der Waals surface area (Å²) in [5.41, 5.74) is 1.55. The van der Waals surface area contributed by atoms with E-state index >= 15 is 0 Å². The Kier molecular flexibility index (Phi) is 6.11. The van der Waals surface area contributed by atoms with Crippen molar-refractivity contribution >= 4 is 27.6 Å². The molecule has 0 saturated carbocycles. The minimum Gasteiger partial charge on any atom is -0.550 e. The SMILES string of the molecule is CC(C)(C)c1ccc([C@H](CC(=O)[O-])NS(=O)(=O)c2ccc(Cl)cc2)cc1. The fraction of sp³-hybridized carbons (Fsp3) is 0.316. The van der Waals surface area contributed by atoms with Crippen molar-refractivity contribution < 1.29 is 18.3 Å². The number of hydrogen-bond acceptors (Lipinski definition) is 4. The van der Waals surface area contributed by atoms with Gasteiger partial charge >= 0.3 is 0 Å². The summed E-state index contributed by atoms with van der Waals surface area (Å²) in [6.45, 7) is 6.18. The van der Waals surface area contributed by atoms with Gasteiger partial charge in [-0.15, -0.1) is 0 Å². The lowest BCUT2D eigenvalue weighted by Crippen LogP contribution is -2.34. The van der Waals surface area contributed by atoms with Crippen molar-refractivity contribution in [1.29, 1.82) is 0 Å². The van der Waals surface area contributed by atoms with E-state index in [1.54, 1.807) is 12.1 Å². The molecule has 2 rings (SSSR count). The van der Waals surface area contributed by atoms with Gasteiger partial charge in [0.15, 0.2) is 0 Å². The number of nitrogens with one attached hydrogen (secondary N) is 1. The summed E-state index contributed by atoms with van der Waals surface area (Å²) >= 11 is 5.78. The number of carboxylic acids is 1. The number of benzene rings is 2. The maximum atomic E-state index is 12.6. The average molecular weight is 395 g/mol. The zero-order valence-corrected chi connectivity index (χ0v) is 16.4. The molecule has 0 heterocycles. The second-order valence-electron chi connectivity index (χ2n) is 7.08. The summed E-state index contributed by atoms with van der Waals surface area (Å²) < 4.78 is 27.6. The molecule has 0 aromatic heterocycles. The molecule has 0 spiro atoms. The smallest absolute Gasteiger partial charge is 0.241 e. The second kappa shape index (κ2) is 7.78. The molecule has 0 fully saturated rings. The fourth-order valence-corrected chi connectivity index (χ4v) is 3.83. The molecular formula is C19H21ClNO4S-. The molecule has 0 saturated heterocycles. The number of aliphatic carboxylic acids is 1. The Hall–Kier alpha value is -1.89. The Balaban J connectivity index is 2.32. The van der Waals surface area contributed by atoms with Gasteiger partial charge in [0, 0.05) is 17.4 Å². The monoisotopic (exact) mass is 394 g/mol. The lowest BCUT2D eigenvalue weighted by atomic mass is 9.86. The summed E-state index contributed by atoms with van der Waals surface area (Å²) in [5, 5.41) is 11.5. The highest BCUT2D eigenvalue weighted by Crippen LogP contribution is 2.26. The number of carbonyl (C=O) groups excluding carboxylic acids is 1. The van der Waals surface area contributed by atoms with Gasteiger partial charge in [0.2, 0.25) is 10.0 Å². The van der Waals surface area contributed by atoms with Crippen LogP contribution < -0.4 is 9.83 Å². The third-order valence-corrected chi connectivity index (χ3v) is 5.71. The molecule has 1 N–H and O–H groups in total. The van der Waals surface area contributed by atoms with Crippen molar-refractivity contribution in [3.05, 3.63) is 64.7 Å². The lowest BCUT2D eigenvalue weighted by Gasteiger charge is -2.23. The first-order valence-corrected chi connectivity index (χ1v) is 9.93. The van der Waals surface area contributed by atoms with Gasteiger partial charge < -0.3 is 9.90 Å². The van der Waals surface area contributed by atoms with Crippen LogP contribution in [0.15, 0.2) is 53.4 Å².